The number of carbonyl (C=O) groups is 1. The maximum atomic E-state index is 11.9. The van der Waals surface area contributed by atoms with E-state index in [-0.39, 0.29) is 11.7 Å². The van der Waals surface area contributed by atoms with Gasteiger partial charge in [0.15, 0.2) is 5.78 Å². The fourth-order valence-electron chi connectivity index (χ4n) is 1.51. The van der Waals surface area contributed by atoms with E-state index in [1.165, 1.54) is 0 Å². The van der Waals surface area contributed by atoms with E-state index in [1.807, 2.05) is 32.9 Å². The molecule has 0 aliphatic heterocycles. The topological polar surface area (TPSA) is 52.3 Å². The van der Waals surface area contributed by atoms with Crippen molar-refractivity contribution in [3.63, 3.8) is 0 Å². The number of rotatable bonds is 5. The number of ether oxygens (including phenoxy) is 1. The fraction of sp³-hybridized carbons (Fsp3) is 0.462. The zero-order valence-corrected chi connectivity index (χ0v) is 10.1. The van der Waals surface area contributed by atoms with Crippen LogP contribution in [0, 0.1) is 12.8 Å². The van der Waals surface area contributed by atoms with E-state index in [2.05, 4.69) is 0 Å². The van der Waals surface area contributed by atoms with Gasteiger partial charge in [-0.05, 0) is 37.6 Å². The van der Waals surface area contributed by atoms with Crippen LogP contribution < -0.4 is 10.5 Å². The highest BCUT2D eigenvalue weighted by molar-refractivity contribution is 5.98. The Morgan fingerprint density at radius 1 is 1.50 bits per heavy atom. The van der Waals surface area contributed by atoms with Gasteiger partial charge in [-0.3, -0.25) is 4.79 Å². The Kier molecular flexibility index (Phi) is 4.50. The molecule has 16 heavy (non-hydrogen) atoms. The van der Waals surface area contributed by atoms with E-state index in [4.69, 9.17) is 10.5 Å². The van der Waals surface area contributed by atoms with Gasteiger partial charge in [0.2, 0.25) is 0 Å². The molecule has 0 aliphatic rings. The number of Topliss-reactive ketones (excluding diaryl/α,β-unsaturated/α-hetero) is 1. The highest BCUT2D eigenvalue weighted by atomic mass is 16.5. The van der Waals surface area contributed by atoms with Crippen molar-refractivity contribution < 1.29 is 9.53 Å². The third-order valence-electron chi connectivity index (χ3n) is 2.56. The lowest BCUT2D eigenvalue weighted by molar-refractivity contribution is 0.0934. The first-order valence-corrected chi connectivity index (χ1v) is 5.57. The lowest BCUT2D eigenvalue weighted by atomic mass is 9.98. The molecule has 1 unspecified atom stereocenters. The molecule has 1 atom stereocenters. The summed E-state index contributed by atoms with van der Waals surface area (Å²) < 4.78 is 5.42. The highest BCUT2D eigenvalue weighted by Gasteiger charge is 2.14. The lowest BCUT2D eigenvalue weighted by Gasteiger charge is -2.11. The van der Waals surface area contributed by atoms with Crippen LogP contribution in [0.3, 0.4) is 0 Å². The number of aryl methyl sites for hydroxylation is 1. The second kappa shape index (κ2) is 5.66. The molecule has 0 saturated carbocycles. The number of ketones is 1. The molecule has 0 radical (unpaired) electrons. The first-order chi connectivity index (χ1) is 7.60. The summed E-state index contributed by atoms with van der Waals surface area (Å²) in [5.74, 6) is 0.797. The third-order valence-corrected chi connectivity index (χ3v) is 2.56. The van der Waals surface area contributed by atoms with Crippen molar-refractivity contribution in [2.45, 2.75) is 20.8 Å². The standard InChI is InChI=1S/C13H19NO2/c1-4-16-12-6-5-11(7-9(12)2)13(15)10(3)8-14/h5-7,10H,4,8,14H2,1-3H3. The summed E-state index contributed by atoms with van der Waals surface area (Å²) in [5, 5.41) is 0. The number of hydrogen-bond donors (Lipinski definition) is 1. The predicted octanol–water partition coefficient (Wildman–Crippen LogP) is 2.17. The van der Waals surface area contributed by atoms with Crippen LogP contribution >= 0.6 is 0 Å². The Morgan fingerprint density at radius 3 is 2.69 bits per heavy atom. The summed E-state index contributed by atoms with van der Waals surface area (Å²) in [6, 6.07) is 5.50. The largest absolute Gasteiger partial charge is 0.494 e. The maximum Gasteiger partial charge on any atom is 0.166 e. The van der Waals surface area contributed by atoms with Gasteiger partial charge in [-0.1, -0.05) is 6.92 Å². The summed E-state index contributed by atoms with van der Waals surface area (Å²) in [4.78, 5) is 11.9. The number of nitrogens with two attached hydrogens (primary N) is 1. The van der Waals surface area contributed by atoms with Crippen LogP contribution in [-0.4, -0.2) is 18.9 Å². The highest BCUT2D eigenvalue weighted by Crippen LogP contribution is 2.20. The van der Waals surface area contributed by atoms with Crippen LogP contribution in [0.1, 0.15) is 29.8 Å². The van der Waals surface area contributed by atoms with E-state index >= 15 is 0 Å². The first-order valence-electron chi connectivity index (χ1n) is 5.57. The summed E-state index contributed by atoms with van der Waals surface area (Å²) >= 11 is 0. The first kappa shape index (κ1) is 12.7. The normalized spacial score (nSPS) is 12.2. The molecule has 0 heterocycles. The zero-order valence-electron chi connectivity index (χ0n) is 10.1. The van der Waals surface area contributed by atoms with Crippen LogP contribution in [0.5, 0.6) is 5.75 Å². The van der Waals surface area contributed by atoms with Gasteiger partial charge in [-0.15, -0.1) is 0 Å². The van der Waals surface area contributed by atoms with Gasteiger partial charge in [0.1, 0.15) is 5.75 Å². The van der Waals surface area contributed by atoms with Crippen molar-refractivity contribution in [3.8, 4) is 5.75 Å². The molecule has 3 nitrogen and oxygen atoms in total. The van der Waals surface area contributed by atoms with Gasteiger partial charge in [0, 0.05) is 18.0 Å². The van der Waals surface area contributed by atoms with Gasteiger partial charge < -0.3 is 10.5 Å². The second-order valence-electron chi connectivity index (χ2n) is 3.91. The molecule has 1 aromatic rings. The van der Waals surface area contributed by atoms with Crippen LogP contribution in [0.2, 0.25) is 0 Å². The summed E-state index contributed by atoms with van der Waals surface area (Å²) in [6.07, 6.45) is 0. The van der Waals surface area contributed by atoms with E-state index in [0.717, 1.165) is 11.3 Å². The van der Waals surface area contributed by atoms with Crippen LogP contribution in [-0.2, 0) is 0 Å². The molecule has 3 heteroatoms. The number of carbonyl (C=O) groups excluding carboxylic acids is 1. The van der Waals surface area contributed by atoms with Gasteiger partial charge in [0.25, 0.3) is 0 Å². The summed E-state index contributed by atoms with van der Waals surface area (Å²) in [6.45, 7) is 6.73. The Labute approximate surface area is 96.6 Å². The predicted molar refractivity (Wildman–Crippen MR) is 64.9 cm³/mol. The third kappa shape index (κ3) is 2.83. The Bertz CT molecular complexity index is 374. The molecule has 0 aliphatic carbocycles. The van der Waals surface area contributed by atoms with Crippen molar-refractivity contribution in [1.82, 2.24) is 0 Å². The second-order valence-corrected chi connectivity index (χ2v) is 3.91. The molecule has 0 amide bonds. The molecule has 88 valence electrons. The molecule has 0 fully saturated rings. The molecule has 2 N–H and O–H groups in total. The molecule has 1 rings (SSSR count). The molecular weight excluding hydrogens is 202 g/mol. The SMILES string of the molecule is CCOc1ccc(C(=O)C(C)CN)cc1C. The van der Waals surface area contributed by atoms with Crippen molar-refractivity contribution in [3.05, 3.63) is 29.3 Å². The van der Waals surface area contributed by atoms with Gasteiger partial charge in [-0.25, -0.2) is 0 Å². The van der Waals surface area contributed by atoms with Crippen LogP contribution in [0.4, 0.5) is 0 Å². The maximum absolute atomic E-state index is 11.9. The zero-order chi connectivity index (χ0) is 12.1. The number of hydrogen-bond acceptors (Lipinski definition) is 3. The minimum atomic E-state index is -0.127. The molecule has 0 aromatic heterocycles. The van der Waals surface area contributed by atoms with Gasteiger partial charge in [-0.2, -0.15) is 0 Å². The lowest BCUT2D eigenvalue weighted by Crippen LogP contribution is -2.20. The van der Waals surface area contributed by atoms with Crippen molar-refractivity contribution in [2.24, 2.45) is 11.7 Å². The average molecular weight is 221 g/mol. The quantitative estimate of drug-likeness (QED) is 0.775. The van der Waals surface area contributed by atoms with Crippen LogP contribution in [0.15, 0.2) is 18.2 Å². The van der Waals surface area contributed by atoms with Crippen molar-refractivity contribution in [2.75, 3.05) is 13.2 Å². The van der Waals surface area contributed by atoms with E-state index < -0.39 is 0 Å². The molecule has 0 bridgehead atoms. The van der Waals surface area contributed by atoms with Gasteiger partial charge in [0.05, 0.1) is 6.61 Å². The molecular formula is C13H19NO2. The minimum Gasteiger partial charge on any atom is -0.494 e. The average Bonchev–Trinajstić information content (AvgIpc) is 2.30. The van der Waals surface area contributed by atoms with Gasteiger partial charge >= 0.3 is 0 Å². The fourth-order valence-corrected chi connectivity index (χ4v) is 1.51. The monoisotopic (exact) mass is 221 g/mol. The minimum absolute atomic E-state index is 0.0913. The van der Waals surface area contributed by atoms with Crippen molar-refractivity contribution >= 4 is 5.78 Å². The van der Waals surface area contributed by atoms with E-state index in [1.54, 1.807) is 6.07 Å². The summed E-state index contributed by atoms with van der Waals surface area (Å²) in [7, 11) is 0. The Balaban J connectivity index is 2.92. The summed E-state index contributed by atoms with van der Waals surface area (Å²) in [5.41, 5.74) is 7.17. The Hall–Kier alpha value is -1.35. The van der Waals surface area contributed by atoms with E-state index in [0.29, 0.717) is 18.7 Å². The Morgan fingerprint density at radius 2 is 2.19 bits per heavy atom. The smallest absolute Gasteiger partial charge is 0.166 e. The molecule has 0 spiro atoms. The van der Waals surface area contributed by atoms with E-state index in [9.17, 15) is 4.79 Å². The molecule has 1 aromatic carbocycles. The van der Waals surface area contributed by atoms with Crippen LogP contribution in [0.25, 0.3) is 0 Å². The molecule has 0 saturated heterocycles. The van der Waals surface area contributed by atoms with Crippen molar-refractivity contribution in [1.29, 1.82) is 0 Å². The number of benzene rings is 1.